The normalized spacial score (nSPS) is 10.8. The summed E-state index contributed by atoms with van der Waals surface area (Å²) in [6, 6.07) is 4.36. The molecule has 291 valence electrons. The van der Waals surface area contributed by atoms with Gasteiger partial charge in [-0.05, 0) is 109 Å². The first-order valence-corrected chi connectivity index (χ1v) is 17.0. The van der Waals surface area contributed by atoms with E-state index in [2.05, 4.69) is 6.07 Å². The first-order chi connectivity index (χ1) is 25.8. The van der Waals surface area contributed by atoms with Crippen molar-refractivity contribution in [3.05, 3.63) is 90.0 Å². The van der Waals surface area contributed by atoms with E-state index in [0.29, 0.717) is 44.7 Å². The SMILES string of the molecule is COc1[c]c(C)c(C(=O)Oc2c(C)c(O)cc(C)c2C(=O)Oc2c(C)c(C)c(C(=O)Oc3c(C)c(C)c(C(=O)O)c(OC)c3C)c(OC)c2C)c(OC)c1C. The molecule has 0 heterocycles. The van der Waals surface area contributed by atoms with E-state index in [9.17, 15) is 29.4 Å². The van der Waals surface area contributed by atoms with Crippen LogP contribution in [0.15, 0.2) is 6.07 Å². The number of rotatable bonds is 11. The molecule has 0 spiro atoms. The lowest BCUT2D eigenvalue weighted by Gasteiger charge is -2.23. The van der Waals surface area contributed by atoms with Crippen LogP contribution < -0.4 is 33.2 Å². The third-order valence-electron chi connectivity index (χ3n) is 9.88. The molecule has 0 aliphatic rings. The summed E-state index contributed by atoms with van der Waals surface area (Å²) in [6.07, 6.45) is 0. The lowest BCUT2D eigenvalue weighted by molar-refractivity contribution is 0.0681. The molecule has 1 radical (unpaired) electrons. The fourth-order valence-corrected chi connectivity index (χ4v) is 6.69. The second-order valence-electron chi connectivity index (χ2n) is 13.1. The van der Waals surface area contributed by atoms with E-state index in [1.807, 2.05) is 0 Å². The summed E-state index contributed by atoms with van der Waals surface area (Å²) in [5.41, 5.74) is 3.33. The van der Waals surface area contributed by atoms with Crippen LogP contribution in [0.2, 0.25) is 0 Å². The second-order valence-corrected chi connectivity index (χ2v) is 13.1. The molecule has 0 atom stereocenters. The average Bonchev–Trinajstić information content (AvgIpc) is 3.13. The number of carbonyl (C=O) groups is 4. The highest BCUT2D eigenvalue weighted by Gasteiger charge is 2.32. The van der Waals surface area contributed by atoms with Crippen molar-refractivity contribution >= 4 is 23.9 Å². The van der Waals surface area contributed by atoms with Crippen LogP contribution in [-0.2, 0) is 0 Å². The van der Waals surface area contributed by atoms with Gasteiger partial charge in [-0.15, -0.1) is 0 Å². The van der Waals surface area contributed by atoms with Gasteiger partial charge in [0, 0.05) is 28.3 Å². The molecule has 0 unspecified atom stereocenters. The van der Waals surface area contributed by atoms with Crippen molar-refractivity contribution in [1.29, 1.82) is 0 Å². The van der Waals surface area contributed by atoms with Crippen molar-refractivity contribution < 1.29 is 62.5 Å². The van der Waals surface area contributed by atoms with E-state index in [-0.39, 0.29) is 79.2 Å². The van der Waals surface area contributed by atoms with Gasteiger partial charge in [0.15, 0.2) is 5.75 Å². The predicted octanol–water partition coefficient (Wildman–Crippen LogP) is 7.67. The van der Waals surface area contributed by atoms with Crippen molar-refractivity contribution in [3.63, 3.8) is 0 Å². The standard InChI is InChI=1S/C42H45O13/c1-17-15-27(43)23(7)38(55-40(46)29-18(2)16-28(49-11)24(8)35(29)50-12)30(17)41(47)53-34-22(6)20(4)32(37(52-14)26(34)10)42(48)54-33-21(5)19(3)31(39(44)45)36(51-13)25(33)9/h15,43H,1-14H3,(H,44,45). The van der Waals surface area contributed by atoms with Crippen molar-refractivity contribution in [2.75, 3.05) is 28.4 Å². The summed E-state index contributed by atoms with van der Waals surface area (Å²) >= 11 is 0. The molecule has 0 bridgehead atoms. The van der Waals surface area contributed by atoms with E-state index in [0.717, 1.165) is 0 Å². The molecule has 13 heteroatoms. The number of benzene rings is 4. The fraction of sp³-hybridized carbons (Fsp3) is 0.333. The van der Waals surface area contributed by atoms with Gasteiger partial charge in [-0.1, -0.05) is 0 Å². The maximum atomic E-state index is 14.2. The summed E-state index contributed by atoms with van der Waals surface area (Å²) in [4.78, 5) is 53.9. The number of aryl methyl sites for hydroxylation is 2. The minimum absolute atomic E-state index is 0.0370. The van der Waals surface area contributed by atoms with Gasteiger partial charge in [0.05, 0.1) is 28.4 Å². The van der Waals surface area contributed by atoms with Gasteiger partial charge in [-0.25, -0.2) is 19.2 Å². The summed E-state index contributed by atoms with van der Waals surface area (Å²) < 4.78 is 39.8. The summed E-state index contributed by atoms with van der Waals surface area (Å²) in [6.45, 7) is 16.1. The lowest BCUT2D eigenvalue weighted by atomic mass is 9.95. The van der Waals surface area contributed by atoms with Crippen LogP contribution in [0.5, 0.6) is 46.0 Å². The highest BCUT2D eigenvalue weighted by molar-refractivity contribution is 6.02. The number of esters is 3. The number of hydrogen-bond donors (Lipinski definition) is 2. The number of aromatic hydroxyl groups is 1. The Morgan fingerprint density at radius 3 is 1.36 bits per heavy atom. The van der Waals surface area contributed by atoms with Crippen molar-refractivity contribution in [3.8, 4) is 46.0 Å². The van der Waals surface area contributed by atoms with Crippen LogP contribution in [0.25, 0.3) is 0 Å². The van der Waals surface area contributed by atoms with Crippen LogP contribution in [0, 0.1) is 75.3 Å². The quantitative estimate of drug-likeness (QED) is 0.113. The van der Waals surface area contributed by atoms with E-state index in [1.54, 1.807) is 62.3 Å². The first-order valence-electron chi connectivity index (χ1n) is 17.0. The van der Waals surface area contributed by atoms with Gasteiger partial charge >= 0.3 is 23.9 Å². The smallest absolute Gasteiger partial charge is 0.347 e. The number of carbonyl (C=O) groups excluding carboxylic acids is 3. The number of carboxylic acid groups (broad SMARTS) is 1. The third-order valence-corrected chi connectivity index (χ3v) is 9.88. The Bertz CT molecular complexity index is 2280. The van der Waals surface area contributed by atoms with Crippen molar-refractivity contribution in [2.24, 2.45) is 0 Å². The molecule has 0 fully saturated rings. The fourth-order valence-electron chi connectivity index (χ4n) is 6.69. The van der Waals surface area contributed by atoms with Gasteiger partial charge in [0.2, 0.25) is 0 Å². The van der Waals surface area contributed by atoms with Crippen LogP contribution in [0.3, 0.4) is 0 Å². The number of aromatic carboxylic acids is 1. The first kappa shape index (κ1) is 41.5. The molecular formula is C42H45O13. The maximum Gasteiger partial charge on any atom is 0.347 e. The van der Waals surface area contributed by atoms with Crippen molar-refractivity contribution in [2.45, 2.75) is 69.2 Å². The molecule has 0 saturated heterocycles. The second kappa shape index (κ2) is 16.0. The minimum atomic E-state index is -1.18. The zero-order chi connectivity index (χ0) is 41.4. The maximum absolute atomic E-state index is 14.2. The zero-order valence-electron chi connectivity index (χ0n) is 33.5. The van der Waals surface area contributed by atoms with E-state index >= 15 is 0 Å². The van der Waals surface area contributed by atoms with E-state index in [4.69, 9.17) is 33.2 Å². The molecule has 0 aliphatic heterocycles. The molecule has 4 aromatic carbocycles. The van der Waals surface area contributed by atoms with Crippen LogP contribution >= 0.6 is 0 Å². The van der Waals surface area contributed by atoms with Gasteiger partial charge < -0.3 is 43.4 Å². The van der Waals surface area contributed by atoms with Gasteiger partial charge in [0.1, 0.15) is 62.5 Å². The molecule has 4 aromatic rings. The highest BCUT2D eigenvalue weighted by atomic mass is 16.6. The van der Waals surface area contributed by atoms with E-state index < -0.39 is 23.9 Å². The summed E-state index contributed by atoms with van der Waals surface area (Å²) in [5.74, 6) is -3.31. The average molecular weight is 758 g/mol. The molecule has 4 rings (SSSR count). The third kappa shape index (κ3) is 7.21. The van der Waals surface area contributed by atoms with Gasteiger partial charge in [-0.3, -0.25) is 0 Å². The largest absolute Gasteiger partial charge is 0.508 e. The number of methoxy groups -OCH3 is 4. The minimum Gasteiger partial charge on any atom is -0.508 e. The number of phenols is 1. The summed E-state index contributed by atoms with van der Waals surface area (Å²) in [5, 5.41) is 20.6. The predicted molar refractivity (Wildman–Crippen MR) is 202 cm³/mol. The van der Waals surface area contributed by atoms with Crippen LogP contribution in [0.4, 0.5) is 0 Å². The van der Waals surface area contributed by atoms with Gasteiger partial charge in [0.25, 0.3) is 0 Å². The Morgan fingerprint density at radius 2 is 0.891 bits per heavy atom. The molecular weight excluding hydrogens is 712 g/mol. The monoisotopic (exact) mass is 757 g/mol. The molecule has 0 saturated carbocycles. The molecule has 0 amide bonds. The molecule has 55 heavy (non-hydrogen) atoms. The Morgan fingerprint density at radius 1 is 0.473 bits per heavy atom. The highest BCUT2D eigenvalue weighted by Crippen LogP contribution is 2.43. The molecule has 2 N–H and O–H groups in total. The number of phenolic OH excluding ortho intramolecular Hbond substituents is 1. The molecule has 0 aliphatic carbocycles. The Labute approximate surface area is 319 Å². The van der Waals surface area contributed by atoms with E-state index in [1.165, 1.54) is 41.4 Å². The zero-order valence-corrected chi connectivity index (χ0v) is 33.5. The van der Waals surface area contributed by atoms with Crippen LogP contribution in [-0.4, -0.2) is 62.5 Å². The topological polar surface area (TPSA) is 173 Å². The lowest BCUT2D eigenvalue weighted by Crippen LogP contribution is -2.20. The number of hydrogen-bond acceptors (Lipinski definition) is 12. The Hall–Kier alpha value is -6.24. The van der Waals surface area contributed by atoms with Crippen LogP contribution in [0.1, 0.15) is 97.1 Å². The number of ether oxygens (including phenoxy) is 7. The molecule has 0 aromatic heterocycles. The molecule has 13 nitrogen and oxygen atoms in total. The number of carboxylic acids is 1. The Balaban J connectivity index is 1.80. The summed E-state index contributed by atoms with van der Waals surface area (Å²) in [7, 11) is 5.55. The van der Waals surface area contributed by atoms with Gasteiger partial charge in [-0.2, -0.15) is 0 Å². The Kier molecular flexibility index (Phi) is 12.1. The van der Waals surface area contributed by atoms with Crippen molar-refractivity contribution in [1.82, 2.24) is 0 Å².